The topological polar surface area (TPSA) is 22.0 Å². The standard InChI is InChI=1S/C15H24ClNO/c1-6-8-13(7-2)17-10(3)9-14(12(17)5)15(18)11(4)16/h9,11,13H,6-8H2,1-5H3. The molecule has 3 heteroatoms. The molecule has 0 amide bonds. The van der Waals surface area contributed by atoms with Crippen LogP contribution in [0, 0.1) is 13.8 Å². The fourth-order valence-electron chi connectivity index (χ4n) is 2.65. The summed E-state index contributed by atoms with van der Waals surface area (Å²) in [7, 11) is 0. The Hall–Kier alpha value is -0.760. The van der Waals surface area contributed by atoms with Crippen LogP contribution in [0.1, 0.15) is 67.8 Å². The van der Waals surface area contributed by atoms with Gasteiger partial charge in [0, 0.05) is 23.0 Å². The Bertz CT molecular complexity index is 420. The van der Waals surface area contributed by atoms with Crippen molar-refractivity contribution in [3.8, 4) is 0 Å². The first kappa shape index (κ1) is 15.3. The zero-order chi connectivity index (χ0) is 13.9. The SMILES string of the molecule is CCCC(CC)n1c(C)cc(C(=O)C(C)Cl)c1C. The number of alkyl halides is 1. The van der Waals surface area contributed by atoms with Crippen molar-refractivity contribution in [2.24, 2.45) is 0 Å². The number of aryl methyl sites for hydroxylation is 1. The first-order chi connectivity index (χ1) is 8.43. The molecule has 2 nitrogen and oxygen atoms in total. The summed E-state index contributed by atoms with van der Waals surface area (Å²) in [6.45, 7) is 10.2. The molecule has 0 aromatic carbocycles. The minimum absolute atomic E-state index is 0.0300. The van der Waals surface area contributed by atoms with Crippen molar-refractivity contribution in [2.75, 3.05) is 0 Å². The van der Waals surface area contributed by atoms with E-state index in [9.17, 15) is 4.79 Å². The number of carbonyl (C=O) groups is 1. The molecule has 0 radical (unpaired) electrons. The summed E-state index contributed by atoms with van der Waals surface area (Å²) < 4.78 is 2.30. The summed E-state index contributed by atoms with van der Waals surface area (Å²) in [5, 5.41) is -0.454. The number of nitrogens with zero attached hydrogens (tertiary/aromatic N) is 1. The molecule has 1 aromatic rings. The van der Waals surface area contributed by atoms with E-state index >= 15 is 0 Å². The van der Waals surface area contributed by atoms with Crippen molar-refractivity contribution in [1.29, 1.82) is 0 Å². The second-order valence-electron chi connectivity index (χ2n) is 4.99. The maximum atomic E-state index is 12.1. The molecule has 1 rings (SSSR count). The van der Waals surface area contributed by atoms with Crippen LogP contribution < -0.4 is 0 Å². The van der Waals surface area contributed by atoms with Crippen molar-refractivity contribution in [3.05, 3.63) is 23.0 Å². The number of carbonyl (C=O) groups excluding carboxylic acids is 1. The molecular formula is C15H24ClNO. The molecule has 0 aliphatic rings. The van der Waals surface area contributed by atoms with Gasteiger partial charge in [-0.2, -0.15) is 0 Å². The van der Waals surface area contributed by atoms with Crippen LogP contribution in [0.2, 0.25) is 0 Å². The van der Waals surface area contributed by atoms with E-state index in [1.165, 1.54) is 0 Å². The van der Waals surface area contributed by atoms with Gasteiger partial charge in [-0.05, 0) is 39.7 Å². The Morgan fingerprint density at radius 1 is 1.39 bits per heavy atom. The van der Waals surface area contributed by atoms with E-state index in [2.05, 4.69) is 25.3 Å². The lowest BCUT2D eigenvalue weighted by molar-refractivity contribution is 0.0991. The summed E-state index contributed by atoms with van der Waals surface area (Å²) in [4.78, 5) is 12.1. The van der Waals surface area contributed by atoms with Crippen molar-refractivity contribution in [2.45, 2.75) is 65.3 Å². The molecule has 0 saturated carbocycles. The number of aromatic nitrogens is 1. The van der Waals surface area contributed by atoms with Crippen LogP contribution >= 0.6 is 11.6 Å². The highest BCUT2D eigenvalue weighted by molar-refractivity contribution is 6.33. The molecule has 0 N–H and O–H groups in total. The van der Waals surface area contributed by atoms with Gasteiger partial charge >= 0.3 is 0 Å². The van der Waals surface area contributed by atoms with E-state index in [0.717, 1.165) is 36.2 Å². The lowest BCUT2D eigenvalue weighted by atomic mass is 10.1. The molecule has 102 valence electrons. The third-order valence-corrected chi connectivity index (χ3v) is 3.77. The minimum Gasteiger partial charge on any atom is -0.345 e. The van der Waals surface area contributed by atoms with Crippen molar-refractivity contribution in [1.82, 2.24) is 4.57 Å². The molecule has 1 aromatic heterocycles. The number of rotatable bonds is 6. The van der Waals surface area contributed by atoms with Crippen LogP contribution in [-0.2, 0) is 0 Å². The zero-order valence-corrected chi connectivity index (χ0v) is 12.8. The van der Waals surface area contributed by atoms with Crippen molar-refractivity contribution < 1.29 is 4.79 Å². The predicted octanol–water partition coefficient (Wildman–Crippen LogP) is 4.67. The second-order valence-corrected chi connectivity index (χ2v) is 5.64. The predicted molar refractivity (Wildman–Crippen MR) is 77.8 cm³/mol. The molecule has 0 spiro atoms. The monoisotopic (exact) mass is 269 g/mol. The Balaban J connectivity index is 3.18. The van der Waals surface area contributed by atoms with Gasteiger partial charge in [0.15, 0.2) is 5.78 Å². The van der Waals surface area contributed by atoms with Crippen LogP contribution in [0.5, 0.6) is 0 Å². The van der Waals surface area contributed by atoms with Gasteiger partial charge in [-0.3, -0.25) is 4.79 Å². The normalized spacial score (nSPS) is 14.6. The Kier molecular flexibility index (Phi) is 5.46. The van der Waals surface area contributed by atoms with Gasteiger partial charge in [-0.1, -0.05) is 20.3 Å². The smallest absolute Gasteiger partial charge is 0.182 e. The second kappa shape index (κ2) is 6.42. The van der Waals surface area contributed by atoms with Gasteiger partial charge in [-0.15, -0.1) is 11.6 Å². The fraction of sp³-hybridized carbons (Fsp3) is 0.667. The maximum Gasteiger partial charge on any atom is 0.182 e. The average molecular weight is 270 g/mol. The van der Waals surface area contributed by atoms with Crippen molar-refractivity contribution in [3.63, 3.8) is 0 Å². The zero-order valence-electron chi connectivity index (χ0n) is 12.1. The highest BCUT2D eigenvalue weighted by Gasteiger charge is 2.21. The molecule has 1 heterocycles. The maximum absolute atomic E-state index is 12.1. The number of hydrogen-bond donors (Lipinski definition) is 0. The molecule has 2 unspecified atom stereocenters. The summed E-state index contributed by atoms with van der Waals surface area (Å²) in [5.74, 6) is 0.0300. The third kappa shape index (κ3) is 2.97. The third-order valence-electron chi connectivity index (χ3n) is 3.57. The van der Waals surface area contributed by atoms with E-state index in [1.54, 1.807) is 6.92 Å². The molecule has 18 heavy (non-hydrogen) atoms. The lowest BCUT2D eigenvalue weighted by Crippen LogP contribution is -2.14. The quantitative estimate of drug-likeness (QED) is 0.543. The number of hydrogen-bond acceptors (Lipinski definition) is 1. The van der Waals surface area contributed by atoms with Crippen LogP contribution in [-0.4, -0.2) is 15.7 Å². The van der Waals surface area contributed by atoms with Gasteiger partial charge < -0.3 is 4.57 Å². The molecule has 0 fully saturated rings. The van der Waals surface area contributed by atoms with Crippen LogP contribution in [0.4, 0.5) is 0 Å². The molecular weight excluding hydrogens is 246 g/mol. The van der Waals surface area contributed by atoms with Gasteiger partial charge in [0.25, 0.3) is 0 Å². The molecule has 2 atom stereocenters. The van der Waals surface area contributed by atoms with Crippen LogP contribution in [0.15, 0.2) is 6.07 Å². The summed E-state index contributed by atoms with van der Waals surface area (Å²) in [5.41, 5.74) is 3.00. The Morgan fingerprint density at radius 3 is 2.44 bits per heavy atom. The van der Waals surface area contributed by atoms with Gasteiger partial charge in [0.1, 0.15) is 0 Å². The minimum atomic E-state index is -0.454. The van der Waals surface area contributed by atoms with Gasteiger partial charge in [-0.25, -0.2) is 0 Å². The highest BCUT2D eigenvalue weighted by atomic mass is 35.5. The molecule has 0 aliphatic heterocycles. The van der Waals surface area contributed by atoms with Crippen molar-refractivity contribution >= 4 is 17.4 Å². The summed E-state index contributed by atoms with van der Waals surface area (Å²) >= 11 is 5.91. The van der Waals surface area contributed by atoms with E-state index in [1.807, 2.05) is 13.0 Å². The van der Waals surface area contributed by atoms with E-state index < -0.39 is 5.38 Å². The van der Waals surface area contributed by atoms with E-state index in [0.29, 0.717) is 6.04 Å². The van der Waals surface area contributed by atoms with Crippen LogP contribution in [0.3, 0.4) is 0 Å². The number of halogens is 1. The first-order valence-electron chi connectivity index (χ1n) is 6.80. The van der Waals surface area contributed by atoms with Gasteiger partial charge in [0.2, 0.25) is 0 Å². The summed E-state index contributed by atoms with van der Waals surface area (Å²) in [6.07, 6.45) is 3.40. The largest absolute Gasteiger partial charge is 0.345 e. The number of Topliss-reactive ketones (excluding diaryl/α,β-unsaturated/α-hetero) is 1. The first-order valence-corrected chi connectivity index (χ1v) is 7.24. The fourth-order valence-corrected chi connectivity index (χ4v) is 2.77. The molecule has 0 aliphatic carbocycles. The van der Waals surface area contributed by atoms with Gasteiger partial charge in [0.05, 0.1) is 5.38 Å². The average Bonchev–Trinajstić information content (AvgIpc) is 2.61. The molecule has 0 saturated heterocycles. The Morgan fingerprint density at radius 2 is 2.00 bits per heavy atom. The van der Waals surface area contributed by atoms with E-state index in [-0.39, 0.29) is 5.78 Å². The highest BCUT2D eigenvalue weighted by Crippen LogP contribution is 2.27. The molecule has 0 bridgehead atoms. The Labute approximate surface area is 115 Å². The lowest BCUT2D eigenvalue weighted by Gasteiger charge is -2.21. The van der Waals surface area contributed by atoms with E-state index in [4.69, 9.17) is 11.6 Å². The number of ketones is 1. The summed E-state index contributed by atoms with van der Waals surface area (Å²) in [6, 6.07) is 2.47. The van der Waals surface area contributed by atoms with Crippen LogP contribution in [0.25, 0.3) is 0 Å².